The van der Waals surface area contributed by atoms with Gasteiger partial charge in [-0.3, -0.25) is 9.59 Å². The summed E-state index contributed by atoms with van der Waals surface area (Å²) in [6, 6.07) is 4.98. The van der Waals surface area contributed by atoms with E-state index >= 15 is 0 Å². The van der Waals surface area contributed by atoms with E-state index in [0.29, 0.717) is 30.7 Å². The molecule has 9 nitrogen and oxygen atoms in total. The molecule has 0 bridgehead atoms. The van der Waals surface area contributed by atoms with Crippen LogP contribution in [0, 0.1) is 5.92 Å². The molecule has 11 heteroatoms. The van der Waals surface area contributed by atoms with Crippen LogP contribution in [0.3, 0.4) is 0 Å². The summed E-state index contributed by atoms with van der Waals surface area (Å²) in [6.45, 7) is 1.72. The van der Waals surface area contributed by atoms with E-state index < -0.39 is 28.0 Å². The number of nitrogens with zero attached hydrogens (tertiary/aromatic N) is 1. The van der Waals surface area contributed by atoms with Crippen molar-refractivity contribution in [1.29, 1.82) is 0 Å². The first-order valence-corrected chi connectivity index (χ1v) is 12.4. The number of aliphatic carboxylic acids is 1. The Hall–Kier alpha value is -2.11. The normalized spacial score (nSPS) is 16.6. The van der Waals surface area contributed by atoms with E-state index in [2.05, 4.69) is 10.6 Å². The van der Waals surface area contributed by atoms with Crippen LogP contribution >= 0.6 is 11.8 Å². The van der Waals surface area contributed by atoms with Gasteiger partial charge in [-0.15, -0.1) is 0 Å². The third kappa shape index (κ3) is 6.44. The summed E-state index contributed by atoms with van der Waals surface area (Å²) >= 11 is 1.51. The van der Waals surface area contributed by atoms with Crippen molar-refractivity contribution < 1.29 is 27.9 Å². The zero-order valence-corrected chi connectivity index (χ0v) is 18.6. The van der Waals surface area contributed by atoms with Gasteiger partial charge in [-0.25, -0.2) is 13.2 Å². The van der Waals surface area contributed by atoms with Crippen LogP contribution in [-0.4, -0.2) is 66.8 Å². The molecule has 30 heavy (non-hydrogen) atoms. The lowest BCUT2D eigenvalue weighted by Crippen LogP contribution is -2.47. The Morgan fingerprint density at radius 1 is 1.20 bits per heavy atom. The second-order valence-electron chi connectivity index (χ2n) is 7.06. The number of thioether (sulfide) groups is 1. The number of carboxylic acids is 1. The van der Waals surface area contributed by atoms with Crippen molar-refractivity contribution in [3.63, 3.8) is 0 Å². The Morgan fingerprint density at radius 3 is 2.30 bits per heavy atom. The summed E-state index contributed by atoms with van der Waals surface area (Å²) in [7, 11) is -3.71. The van der Waals surface area contributed by atoms with Crippen LogP contribution < -0.4 is 10.6 Å². The standard InChI is InChI=1S/C19H27N3O6S2/c1-13(23)20-15-3-5-16(6-4-15)30(27,28)22-10-7-14(8-11-22)18(24)21-17(19(25)26)9-12-29-2/h3-6,14,17H,7-12H2,1-2H3,(H,20,23)(H,21,24)(H,25,26)/t17-/m0/s1. The van der Waals surface area contributed by atoms with Gasteiger partial charge in [-0.2, -0.15) is 16.1 Å². The maximum atomic E-state index is 12.8. The van der Waals surface area contributed by atoms with Crippen LogP contribution in [0.2, 0.25) is 0 Å². The molecular formula is C19H27N3O6S2. The summed E-state index contributed by atoms with van der Waals surface area (Å²) in [6.07, 6.45) is 2.85. The second kappa shape index (κ2) is 10.8. The zero-order chi connectivity index (χ0) is 22.3. The van der Waals surface area contributed by atoms with E-state index in [1.165, 1.54) is 47.3 Å². The smallest absolute Gasteiger partial charge is 0.326 e. The van der Waals surface area contributed by atoms with Crippen LogP contribution in [0.1, 0.15) is 26.2 Å². The van der Waals surface area contributed by atoms with Crippen molar-refractivity contribution in [2.45, 2.75) is 37.1 Å². The molecule has 0 saturated carbocycles. The van der Waals surface area contributed by atoms with Crippen LogP contribution in [0.25, 0.3) is 0 Å². The molecule has 2 rings (SSSR count). The van der Waals surface area contributed by atoms with Gasteiger partial charge in [0.15, 0.2) is 0 Å². The molecule has 1 atom stereocenters. The van der Waals surface area contributed by atoms with Crippen molar-refractivity contribution in [3.05, 3.63) is 24.3 Å². The number of anilines is 1. The maximum Gasteiger partial charge on any atom is 0.326 e. The fraction of sp³-hybridized carbons (Fsp3) is 0.526. The molecule has 1 aliphatic heterocycles. The number of sulfonamides is 1. The van der Waals surface area contributed by atoms with E-state index in [1.807, 2.05) is 6.26 Å². The predicted molar refractivity (Wildman–Crippen MR) is 115 cm³/mol. The number of hydrogen-bond acceptors (Lipinski definition) is 6. The number of carboxylic acid groups (broad SMARTS) is 1. The lowest BCUT2D eigenvalue weighted by atomic mass is 9.96. The van der Waals surface area contributed by atoms with Crippen molar-refractivity contribution in [2.24, 2.45) is 5.92 Å². The van der Waals surface area contributed by atoms with Gasteiger partial charge in [0.2, 0.25) is 21.8 Å². The average molecular weight is 458 g/mol. The van der Waals surface area contributed by atoms with Gasteiger partial charge in [-0.05, 0) is 55.5 Å². The second-order valence-corrected chi connectivity index (χ2v) is 9.99. The Morgan fingerprint density at radius 2 is 1.80 bits per heavy atom. The van der Waals surface area contributed by atoms with Gasteiger partial charge >= 0.3 is 5.97 Å². The molecule has 0 aliphatic carbocycles. The van der Waals surface area contributed by atoms with E-state index in [1.54, 1.807) is 0 Å². The van der Waals surface area contributed by atoms with Crippen molar-refractivity contribution in [2.75, 3.05) is 30.4 Å². The van der Waals surface area contributed by atoms with Crippen LogP contribution in [0.15, 0.2) is 29.2 Å². The lowest BCUT2D eigenvalue weighted by Gasteiger charge is -2.31. The third-order valence-corrected chi connectivity index (χ3v) is 7.42. The predicted octanol–water partition coefficient (Wildman–Crippen LogP) is 1.37. The van der Waals surface area contributed by atoms with Gasteiger partial charge in [0, 0.05) is 31.6 Å². The number of hydrogen-bond donors (Lipinski definition) is 3. The number of piperidine rings is 1. The number of nitrogens with one attached hydrogen (secondary N) is 2. The number of carbonyl (C=O) groups is 3. The summed E-state index contributed by atoms with van der Waals surface area (Å²) in [4.78, 5) is 35.0. The van der Waals surface area contributed by atoms with E-state index in [0.717, 1.165) is 0 Å². The number of amides is 2. The summed E-state index contributed by atoms with van der Waals surface area (Å²) in [5, 5.41) is 14.4. The van der Waals surface area contributed by atoms with Crippen LogP contribution in [0.5, 0.6) is 0 Å². The largest absolute Gasteiger partial charge is 0.480 e. The fourth-order valence-corrected chi connectivity index (χ4v) is 5.14. The van der Waals surface area contributed by atoms with Crippen LogP contribution in [-0.2, 0) is 24.4 Å². The quantitative estimate of drug-likeness (QED) is 0.510. The van der Waals surface area contributed by atoms with E-state index in [9.17, 15) is 27.9 Å². The highest BCUT2D eigenvalue weighted by molar-refractivity contribution is 7.98. The highest BCUT2D eigenvalue weighted by Crippen LogP contribution is 2.25. The van der Waals surface area contributed by atoms with Crippen molar-refractivity contribution >= 4 is 45.3 Å². The molecule has 1 aromatic carbocycles. The Labute approximate surface area is 180 Å². The molecule has 1 saturated heterocycles. The minimum absolute atomic E-state index is 0.113. The Kier molecular flexibility index (Phi) is 8.68. The fourth-order valence-electron chi connectivity index (χ4n) is 3.20. The van der Waals surface area contributed by atoms with E-state index in [4.69, 9.17) is 0 Å². The molecule has 3 N–H and O–H groups in total. The molecule has 0 unspecified atom stereocenters. The molecule has 1 aromatic rings. The van der Waals surface area contributed by atoms with Gasteiger partial charge in [0.05, 0.1) is 4.90 Å². The van der Waals surface area contributed by atoms with E-state index in [-0.39, 0.29) is 29.8 Å². The lowest BCUT2D eigenvalue weighted by molar-refractivity contribution is -0.142. The van der Waals surface area contributed by atoms with Gasteiger partial charge in [-0.1, -0.05) is 0 Å². The third-order valence-electron chi connectivity index (χ3n) is 4.86. The summed E-state index contributed by atoms with van der Waals surface area (Å²) in [5.41, 5.74) is 0.506. The monoisotopic (exact) mass is 457 g/mol. The molecule has 1 heterocycles. The number of rotatable bonds is 9. The minimum atomic E-state index is -3.71. The molecule has 1 fully saturated rings. The highest BCUT2D eigenvalue weighted by Gasteiger charge is 2.33. The maximum absolute atomic E-state index is 12.8. The molecule has 166 valence electrons. The number of benzene rings is 1. The minimum Gasteiger partial charge on any atom is -0.480 e. The van der Waals surface area contributed by atoms with Gasteiger partial charge in [0.1, 0.15) is 6.04 Å². The van der Waals surface area contributed by atoms with Crippen molar-refractivity contribution in [3.8, 4) is 0 Å². The zero-order valence-electron chi connectivity index (χ0n) is 17.0. The SMILES string of the molecule is CSCC[C@H](NC(=O)C1CCN(S(=O)(=O)c2ccc(NC(C)=O)cc2)CC1)C(=O)O. The van der Waals surface area contributed by atoms with Crippen LogP contribution in [0.4, 0.5) is 5.69 Å². The Bertz CT molecular complexity index is 865. The summed E-state index contributed by atoms with van der Waals surface area (Å²) < 4.78 is 27.0. The summed E-state index contributed by atoms with van der Waals surface area (Å²) in [5.74, 6) is -1.46. The number of carbonyl (C=O) groups excluding carboxylic acids is 2. The molecule has 0 spiro atoms. The molecule has 0 aromatic heterocycles. The van der Waals surface area contributed by atoms with Gasteiger partial charge in [0.25, 0.3) is 0 Å². The average Bonchev–Trinajstić information content (AvgIpc) is 2.70. The highest BCUT2D eigenvalue weighted by atomic mass is 32.2. The topological polar surface area (TPSA) is 133 Å². The molecule has 0 radical (unpaired) electrons. The first-order valence-electron chi connectivity index (χ1n) is 9.55. The first-order chi connectivity index (χ1) is 14.1. The molecular weight excluding hydrogens is 430 g/mol. The first kappa shape index (κ1) is 24.2. The van der Waals surface area contributed by atoms with Gasteiger partial charge < -0.3 is 15.7 Å². The van der Waals surface area contributed by atoms with Crippen molar-refractivity contribution in [1.82, 2.24) is 9.62 Å². The Balaban J connectivity index is 1.96. The molecule has 2 amide bonds. The molecule has 1 aliphatic rings.